The molecule has 0 N–H and O–H groups in total. The molecule has 12 heavy (non-hydrogen) atoms. The van der Waals surface area contributed by atoms with Crippen molar-refractivity contribution in [2.24, 2.45) is 0 Å². The van der Waals surface area contributed by atoms with E-state index in [1.54, 1.807) is 4.90 Å². The molecule has 3 heteroatoms. The van der Waals surface area contributed by atoms with Gasteiger partial charge in [0.1, 0.15) is 0 Å². The van der Waals surface area contributed by atoms with E-state index in [2.05, 4.69) is 18.0 Å². The number of nitrogens with zero attached hydrogens (tertiary/aromatic N) is 3. The molecule has 0 radical (unpaired) electrons. The summed E-state index contributed by atoms with van der Waals surface area (Å²) >= 11 is 0. The highest BCUT2D eigenvalue weighted by Crippen LogP contribution is 2.16. The number of likely N-dealkylation sites (N-methyl/N-ethyl adjacent to an activating group) is 2. The first-order chi connectivity index (χ1) is 5.77. The first-order valence-corrected chi connectivity index (χ1v) is 4.62. The number of likely N-dealkylation sites (tertiary alicyclic amines) is 1. The fraction of sp³-hybridized carbons (Fsp3) is 0.889. The summed E-state index contributed by atoms with van der Waals surface area (Å²) in [5.74, 6) is 0. The van der Waals surface area contributed by atoms with E-state index in [0.717, 1.165) is 13.1 Å². The first kappa shape index (κ1) is 9.34. The van der Waals surface area contributed by atoms with Gasteiger partial charge in [-0.2, -0.15) is 5.26 Å². The smallest absolute Gasteiger partial charge is 0.179 e. The van der Waals surface area contributed by atoms with Crippen LogP contribution in [0.1, 0.15) is 19.8 Å². The molecule has 0 bridgehead atoms. The summed E-state index contributed by atoms with van der Waals surface area (Å²) in [6.07, 6.45) is 4.68. The maximum atomic E-state index is 8.61. The summed E-state index contributed by atoms with van der Waals surface area (Å²) < 4.78 is 0. The Bertz CT molecular complexity index is 173. The molecule has 0 aromatic rings. The van der Waals surface area contributed by atoms with Gasteiger partial charge >= 0.3 is 0 Å². The Morgan fingerprint density at radius 2 is 2.42 bits per heavy atom. The van der Waals surface area contributed by atoms with Crippen LogP contribution in [-0.2, 0) is 0 Å². The molecular weight excluding hydrogens is 150 g/mol. The third kappa shape index (κ3) is 2.12. The minimum atomic E-state index is 0.611. The van der Waals surface area contributed by atoms with Crippen LogP contribution in [-0.4, -0.2) is 42.5 Å². The number of hydrogen-bond donors (Lipinski definition) is 0. The van der Waals surface area contributed by atoms with E-state index in [1.807, 2.05) is 7.05 Å². The van der Waals surface area contributed by atoms with Gasteiger partial charge in [0.2, 0.25) is 0 Å². The lowest BCUT2D eigenvalue weighted by Crippen LogP contribution is -2.37. The van der Waals surface area contributed by atoms with Gasteiger partial charge in [-0.15, -0.1) is 0 Å². The van der Waals surface area contributed by atoms with Crippen LogP contribution >= 0.6 is 0 Å². The lowest BCUT2D eigenvalue weighted by Gasteiger charge is -2.24. The van der Waals surface area contributed by atoms with Crippen LogP contribution in [0.5, 0.6) is 0 Å². The molecule has 0 aromatic heterocycles. The Balaban J connectivity index is 2.36. The van der Waals surface area contributed by atoms with Gasteiger partial charge in [0.25, 0.3) is 0 Å². The fourth-order valence-electron chi connectivity index (χ4n) is 1.88. The average molecular weight is 167 g/mol. The maximum absolute atomic E-state index is 8.61. The van der Waals surface area contributed by atoms with Gasteiger partial charge in [-0.25, -0.2) is 0 Å². The number of nitriles is 1. The SMILES string of the molecule is CCN1CCCC1CN(C)C#N. The van der Waals surface area contributed by atoms with E-state index in [4.69, 9.17) is 5.26 Å². The molecule has 1 aliphatic rings. The average Bonchev–Trinajstić information content (AvgIpc) is 2.51. The van der Waals surface area contributed by atoms with Crippen molar-refractivity contribution in [1.29, 1.82) is 5.26 Å². The summed E-state index contributed by atoms with van der Waals surface area (Å²) in [5.41, 5.74) is 0. The molecule has 68 valence electrons. The second kappa shape index (κ2) is 4.32. The number of rotatable bonds is 3. The maximum Gasteiger partial charge on any atom is 0.179 e. The Kier molecular flexibility index (Phi) is 3.36. The molecule has 3 nitrogen and oxygen atoms in total. The molecule has 1 saturated heterocycles. The molecule has 1 unspecified atom stereocenters. The van der Waals surface area contributed by atoms with Crippen molar-refractivity contribution in [3.63, 3.8) is 0 Å². The standard InChI is InChI=1S/C9H17N3/c1-3-12-6-4-5-9(12)7-11(2)8-10/h9H,3-7H2,1-2H3. The van der Waals surface area contributed by atoms with Crippen LogP contribution in [0.25, 0.3) is 0 Å². The van der Waals surface area contributed by atoms with Crippen molar-refractivity contribution in [3.05, 3.63) is 0 Å². The minimum Gasteiger partial charge on any atom is -0.312 e. The zero-order valence-corrected chi connectivity index (χ0v) is 7.95. The van der Waals surface area contributed by atoms with E-state index < -0.39 is 0 Å². The highest BCUT2D eigenvalue weighted by atomic mass is 15.2. The van der Waals surface area contributed by atoms with Gasteiger partial charge in [0.15, 0.2) is 6.19 Å². The monoisotopic (exact) mass is 167 g/mol. The van der Waals surface area contributed by atoms with Crippen LogP contribution < -0.4 is 0 Å². The lowest BCUT2D eigenvalue weighted by molar-refractivity contribution is 0.230. The first-order valence-electron chi connectivity index (χ1n) is 4.62. The van der Waals surface area contributed by atoms with Crippen molar-refractivity contribution in [1.82, 2.24) is 9.80 Å². The second-order valence-electron chi connectivity index (χ2n) is 3.41. The predicted octanol–water partition coefficient (Wildman–Crippen LogP) is 0.884. The van der Waals surface area contributed by atoms with Crippen LogP contribution in [0.3, 0.4) is 0 Å². The van der Waals surface area contributed by atoms with Crippen LogP contribution in [0.15, 0.2) is 0 Å². The van der Waals surface area contributed by atoms with E-state index in [1.165, 1.54) is 19.4 Å². The molecule has 0 saturated carbocycles. The van der Waals surface area contributed by atoms with Crippen LogP contribution in [0.4, 0.5) is 0 Å². The van der Waals surface area contributed by atoms with Crippen molar-refractivity contribution in [2.75, 3.05) is 26.7 Å². The topological polar surface area (TPSA) is 30.3 Å². The quantitative estimate of drug-likeness (QED) is 0.462. The highest BCUT2D eigenvalue weighted by molar-refractivity contribution is 4.83. The van der Waals surface area contributed by atoms with Crippen molar-refractivity contribution >= 4 is 0 Å². The summed E-state index contributed by atoms with van der Waals surface area (Å²) in [7, 11) is 1.85. The van der Waals surface area contributed by atoms with Gasteiger partial charge in [-0.3, -0.25) is 4.90 Å². The molecule has 1 heterocycles. The second-order valence-corrected chi connectivity index (χ2v) is 3.41. The Labute approximate surface area is 74.6 Å². The Morgan fingerprint density at radius 3 is 3.00 bits per heavy atom. The summed E-state index contributed by atoms with van der Waals surface area (Å²) in [6, 6.07) is 0.611. The molecular formula is C9H17N3. The fourth-order valence-corrected chi connectivity index (χ4v) is 1.88. The van der Waals surface area contributed by atoms with Crippen LogP contribution in [0, 0.1) is 11.5 Å². The van der Waals surface area contributed by atoms with Gasteiger partial charge in [0, 0.05) is 19.6 Å². The largest absolute Gasteiger partial charge is 0.312 e. The molecule has 1 aliphatic heterocycles. The van der Waals surface area contributed by atoms with E-state index in [-0.39, 0.29) is 0 Å². The highest BCUT2D eigenvalue weighted by Gasteiger charge is 2.23. The van der Waals surface area contributed by atoms with Crippen molar-refractivity contribution < 1.29 is 0 Å². The van der Waals surface area contributed by atoms with Crippen molar-refractivity contribution in [3.8, 4) is 6.19 Å². The zero-order valence-electron chi connectivity index (χ0n) is 7.95. The van der Waals surface area contributed by atoms with Crippen molar-refractivity contribution in [2.45, 2.75) is 25.8 Å². The summed E-state index contributed by atoms with van der Waals surface area (Å²) in [4.78, 5) is 4.17. The summed E-state index contributed by atoms with van der Waals surface area (Å²) in [5, 5.41) is 8.61. The molecule has 1 atom stereocenters. The van der Waals surface area contributed by atoms with E-state index >= 15 is 0 Å². The molecule has 1 fully saturated rings. The minimum absolute atomic E-state index is 0.611. The summed E-state index contributed by atoms with van der Waals surface area (Å²) in [6.45, 7) is 5.40. The Morgan fingerprint density at radius 1 is 1.67 bits per heavy atom. The van der Waals surface area contributed by atoms with E-state index in [0.29, 0.717) is 6.04 Å². The lowest BCUT2D eigenvalue weighted by atomic mass is 10.2. The molecule has 0 aromatic carbocycles. The normalized spacial score (nSPS) is 23.9. The molecule has 1 rings (SSSR count). The van der Waals surface area contributed by atoms with E-state index in [9.17, 15) is 0 Å². The predicted molar refractivity (Wildman–Crippen MR) is 48.5 cm³/mol. The van der Waals surface area contributed by atoms with Gasteiger partial charge in [-0.05, 0) is 25.9 Å². The molecule has 0 amide bonds. The van der Waals surface area contributed by atoms with Gasteiger partial charge in [0.05, 0.1) is 0 Å². The third-order valence-electron chi connectivity index (χ3n) is 2.56. The van der Waals surface area contributed by atoms with Gasteiger partial charge < -0.3 is 4.90 Å². The zero-order chi connectivity index (χ0) is 8.97. The molecule has 0 spiro atoms. The Hall–Kier alpha value is -0.750. The molecule has 0 aliphatic carbocycles. The van der Waals surface area contributed by atoms with Crippen LogP contribution in [0.2, 0.25) is 0 Å². The number of hydrogen-bond acceptors (Lipinski definition) is 3. The third-order valence-corrected chi connectivity index (χ3v) is 2.56. The van der Waals surface area contributed by atoms with Gasteiger partial charge in [-0.1, -0.05) is 6.92 Å².